The van der Waals surface area contributed by atoms with E-state index in [1.54, 1.807) is 11.8 Å². The zero-order chi connectivity index (χ0) is 13.3. The van der Waals surface area contributed by atoms with E-state index in [0.717, 1.165) is 11.8 Å². The summed E-state index contributed by atoms with van der Waals surface area (Å²) in [4.78, 5) is 35.9. The van der Waals surface area contributed by atoms with E-state index in [4.69, 9.17) is 5.11 Å². The summed E-state index contributed by atoms with van der Waals surface area (Å²) < 4.78 is 0. The maximum absolute atomic E-state index is 12.1. The van der Waals surface area contributed by atoms with Gasteiger partial charge in [0.05, 0.1) is 5.41 Å². The summed E-state index contributed by atoms with van der Waals surface area (Å²) in [7, 11) is 0. The van der Waals surface area contributed by atoms with Gasteiger partial charge < -0.3 is 15.3 Å². The predicted octanol–water partition coefficient (Wildman–Crippen LogP) is 0.525. The molecule has 7 heteroatoms. The molecule has 100 valence electrons. The molecule has 2 N–H and O–H groups in total. The lowest BCUT2D eigenvalue weighted by Crippen LogP contribution is -2.51. The molecule has 2 amide bonds. The summed E-state index contributed by atoms with van der Waals surface area (Å²) in [6.07, 6.45) is 0.920. The second kappa shape index (κ2) is 4.79. The van der Waals surface area contributed by atoms with E-state index in [0.29, 0.717) is 31.7 Å². The first-order valence-electron chi connectivity index (χ1n) is 5.88. The first-order chi connectivity index (χ1) is 8.42. The minimum Gasteiger partial charge on any atom is -0.481 e. The van der Waals surface area contributed by atoms with E-state index in [9.17, 15) is 14.4 Å². The molecule has 0 radical (unpaired) electrons. The lowest BCUT2D eigenvalue weighted by Gasteiger charge is -2.37. The number of likely N-dealkylation sites (tertiary alicyclic amines) is 1. The summed E-state index contributed by atoms with van der Waals surface area (Å²) in [5.74, 6) is -0.440. The Labute approximate surface area is 109 Å². The molecule has 0 aromatic heterocycles. The van der Waals surface area contributed by atoms with Crippen molar-refractivity contribution in [2.24, 2.45) is 5.41 Å². The number of carboxylic acids is 1. The fraction of sp³-hybridized carbons (Fsp3) is 0.727. The number of thioether (sulfide) groups is 1. The second-order valence-corrected chi connectivity index (χ2v) is 5.98. The van der Waals surface area contributed by atoms with Gasteiger partial charge in [-0.25, -0.2) is 0 Å². The van der Waals surface area contributed by atoms with Crippen molar-refractivity contribution in [2.45, 2.75) is 25.8 Å². The highest BCUT2D eigenvalue weighted by atomic mass is 32.2. The Balaban J connectivity index is 1.92. The van der Waals surface area contributed by atoms with Gasteiger partial charge in [0.15, 0.2) is 0 Å². The van der Waals surface area contributed by atoms with Crippen molar-refractivity contribution in [3.8, 4) is 0 Å². The number of nitrogens with zero attached hydrogens (tertiary/aromatic N) is 1. The molecule has 0 bridgehead atoms. The van der Waals surface area contributed by atoms with E-state index < -0.39 is 17.4 Å². The van der Waals surface area contributed by atoms with Gasteiger partial charge in [-0.05, 0) is 19.8 Å². The number of nitrogens with one attached hydrogen (secondary N) is 1. The molecule has 1 atom stereocenters. The molecule has 2 rings (SSSR count). The van der Waals surface area contributed by atoms with Crippen molar-refractivity contribution in [1.29, 1.82) is 0 Å². The van der Waals surface area contributed by atoms with Gasteiger partial charge in [0.2, 0.25) is 5.91 Å². The monoisotopic (exact) mass is 272 g/mol. The van der Waals surface area contributed by atoms with E-state index in [1.807, 2.05) is 0 Å². The molecule has 0 aromatic rings. The van der Waals surface area contributed by atoms with Crippen molar-refractivity contribution in [1.82, 2.24) is 10.2 Å². The fourth-order valence-corrected chi connectivity index (χ4v) is 2.94. The van der Waals surface area contributed by atoms with Crippen LogP contribution < -0.4 is 5.32 Å². The van der Waals surface area contributed by atoms with Crippen LogP contribution in [0.25, 0.3) is 0 Å². The van der Waals surface area contributed by atoms with Crippen molar-refractivity contribution in [3.05, 3.63) is 0 Å². The molecule has 0 saturated carbocycles. The van der Waals surface area contributed by atoms with Gasteiger partial charge >= 0.3 is 5.97 Å². The Morgan fingerprint density at radius 3 is 2.50 bits per heavy atom. The molecule has 2 saturated heterocycles. The van der Waals surface area contributed by atoms with Crippen LogP contribution in [0.15, 0.2) is 0 Å². The molecule has 18 heavy (non-hydrogen) atoms. The molecule has 2 aliphatic heterocycles. The van der Waals surface area contributed by atoms with Crippen molar-refractivity contribution in [2.75, 3.05) is 18.8 Å². The third-order valence-corrected chi connectivity index (χ3v) is 4.55. The van der Waals surface area contributed by atoms with Crippen LogP contribution in [0.2, 0.25) is 0 Å². The van der Waals surface area contributed by atoms with E-state index in [2.05, 4.69) is 5.32 Å². The number of rotatable bonds is 2. The zero-order valence-electron chi connectivity index (χ0n) is 10.1. The average Bonchev–Trinajstić information content (AvgIpc) is 2.76. The van der Waals surface area contributed by atoms with E-state index in [-0.39, 0.29) is 11.1 Å². The molecular weight excluding hydrogens is 256 g/mol. The van der Waals surface area contributed by atoms with Gasteiger partial charge in [0.1, 0.15) is 6.04 Å². The fourth-order valence-electron chi connectivity index (χ4n) is 2.17. The first kappa shape index (κ1) is 13.2. The van der Waals surface area contributed by atoms with Crippen molar-refractivity contribution < 1.29 is 19.5 Å². The quantitative estimate of drug-likeness (QED) is 0.765. The Bertz CT molecular complexity index is 391. The Morgan fingerprint density at radius 2 is 2.06 bits per heavy atom. The molecule has 2 aliphatic rings. The number of carbonyl (C=O) groups is 3. The number of carboxylic acid groups (broad SMARTS) is 1. The third-order valence-electron chi connectivity index (χ3n) is 3.67. The first-order valence-corrected chi connectivity index (χ1v) is 6.86. The minimum absolute atomic E-state index is 0.0965. The second-order valence-electron chi connectivity index (χ2n) is 4.99. The minimum atomic E-state index is -0.806. The number of carbonyl (C=O) groups excluding carboxylic acids is 2. The zero-order valence-corrected chi connectivity index (χ0v) is 11.0. The number of amides is 2. The topological polar surface area (TPSA) is 86.7 Å². The maximum atomic E-state index is 12.1. The van der Waals surface area contributed by atoms with Gasteiger partial charge in [-0.15, -0.1) is 0 Å². The SMILES string of the molecule is CC1(C(=O)O)CCN(C(=O)C2CSC(=O)N2)CC1. The van der Waals surface area contributed by atoms with Gasteiger partial charge in [-0.2, -0.15) is 0 Å². The van der Waals surface area contributed by atoms with Crippen molar-refractivity contribution in [3.63, 3.8) is 0 Å². The molecule has 0 aromatic carbocycles. The summed E-state index contributed by atoms with van der Waals surface area (Å²) in [5.41, 5.74) is -0.732. The largest absolute Gasteiger partial charge is 0.481 e. The highest BCUT2D eigenvalue weighted by molar-refractivity contribution is 8.14. The Kier molecular flexibility index (Phi) is 3.52. The molecule has 1 unspecified atom stereocenters. The van der Waals surface area contributed by atoms with Crippen LogP contribution in [0.4, 0.5) is 4.79 Å². The number of hydrogen-bond donors (Lipinski definition) is 2. The van der Waals surface area contributed by atoms with Crippen LogP contribution in [0.5, 0.6) is 0 Å². The highest BCUT2D eigenvalue weighted by Crippen LogP contribution is 2.31. The standard InChI is InChI=1S/C11H16N2O4S/c1-11(9(15)16)2-4-13(5-3-11)8(14)7-6-18-10(17)12-7/h7H,2-6H2,1H3,(H,12,17)(H,15,16). The summed E-state index contributed by atoms with van der Waals surface area (Å²) in [6.45, 7) is 2.60. The Morgan fingerprint density at radius 1 is 1.44 bits per heavy atom. The van der Waals surface area contributed by atoms with Crippen LogP contribution in [0.1, 0.15) is 19.8 Å². The van der Waals surface area contributed by atoms with E-state index in [1.165, 1.54) is 0 Å². The van der Waals surface area contributed by atoms with Gasteiger partial charge in [0, 0.05) is 18.8 Å². The molecule has 2 fully saturated rings. The van der Waals surface area contributed by atoms with Crippen LogP contribution in [0.3, 0.4) is 0 Å². The number of aliphatic carboxylic acids is 1. The lowest BCUT2D eigenvalue weighted by atomic mass is 9.80. The number of hydrogen-bond acceptors (Lipinski definition) is 4. The molecule has 0 spiro atoms. The summed E-state index contributed by atoms with van der Waals surface area (Å²) >= 11 is 1.11. The predicted molar refractivity (Wildman–Crippen MR) is 66.3 cm³/mol. The summed E-state index contributed by atoms with van der Waals surface area (Å²) in [5, 5.41) is 11.5. The average molecular weight is 272 g/mol. The Hall–Kier alpha value is -1.24. The van der Waals surface area contributed by atoms with Crippen LogP contribution >= 0.6 is 11.8 Å². The molecule has 0 aliphatic carbocycles. The van der Waals surface area contributed by atoms with E-state index >= 15 is 0 Å². The third kappa shape index (κ3) is 2.45. The van der Waals surface area contributed by atoms with Crippen LogP contribution in [0, 0.1) is 5.41 Å². The summed E-state index contributed by atoms with van der Waals surface area (Å²) in [6, 6.07) is -0.448. The smallest absolute Gasteiger partial charge is 0.309 e. The molecule has 6 nitrogen and oxygen atoms in total. The highest BCUT2D eigenvalue weighted by Gasteiger charge is 2.40. The van der Waals surface area contributed by atoms with Gasteiger partial charge in [-0.1, -0.05) is 11.8 Å². The van der Waals surface area contributed by atoms with Gasteiger partial charge in [0.25, 0.3) is 5.24 Å². The van der Waals surface area contributed by atoms with Crippen LogP contribution in [-0.2, 0) is 9.59 Å². The maximum Gasteiger partial charge on any atom is 0.309 e. The molecular formula is C11H16N2O4S. The lowest BCUT2D eigenvalue weighted by molar-refractivity contribution is -0.153. The number of piperidine rings is 1. The normalized spacial score (nSPS) is 26.8. The molecule has 2 heterocycles. The van der Waals surface area contributed by atoms with Crippen LogP contribution in [-0.4, -0.2) is 52.0 Å². The van der Waals surface area contributed by atoms with Crippen molar-refractivity contribution >= 4 is 28.9 Å². The van der Waals surface area contributed by atoms with Gasteiger partial charge in [-0.3, -0.25) is 14.4 Å².